The maximum atomic E-state index is 9.68. The van der Waals surface area contributed by atoms with Crippen molar-refractivity contribution in [2.75, 3.05) is 32.8 Å². The maximum absolute atomic E-state index is 9.68. The number of nitrogens with zero attached hydrogens (tertiary/aromatic N) is 1. The Morgan fingerprint density at radius 1 is 1.17 bits per heavy atom. The van der Waals surface area contributed by atoms with E-state index in [9.17, 15) is 10.2 Å². The molecule has 1 aromatic rings. The standard InChI is InChI=1S/C13H18N2O3/c16-12-5-9-7-14-8-11(10(9)6-13(12)17)15-1-3-18-4-2-15/h5-6,11,14,16-17H,1-4,7-8H2. The van der Waals surface area contributed by atoms with E-state index in [1.54, 1.807) is 12.1 Å². The lowest BCUT2D eigenvalue weighted by atomic mass is 9.94. The van der Waals surface area contributed by atoms with E-state index >= 15 is 0 Å². The highest BCUT2D eigenvalue weighted by Gasteiger charge is 2.28. The van der Waals surface area contributed by atoms with Gasteiger partial charge in [0, 0.05) is 32.2 Å². The summed E-state index contributed by atoms with van der Waals surface area (Å²) in [6.07, 6.45) is 0. The van der Waals surface area contributed by atoms with E-state index < -0.39 is 0 Å². The largest absolute Gasteiger partial charge is 0.504 e. The van der Waals surface area contributed by atoms with Gasteiger partial charge in [0.25, 0.3) is 0 Å². The number of nitrogens with one attached hydrogen (secondary N) is 1. The molecule has 0 amide bonds. The van der Waals surface area contributed by atoms with Gasteiger partial charge in [-0.15, -0.1) is 0 Å². The molecule has 1 atom stereocenters. The number of fused-ring (bicyclic) bond motifs is 1. The molecule has 1 aromatic carbocycles. The first-order chi connectivity index (χ1) is 8.75. The van der Waals surface area contributed by atoms with Crippen LogP contribution in [0.5, 0.6) is 11.5 Å². The molecule has 98 valence electrons. The summed E-state index contributed by atoms with van der Waals surface area (Å²) in [6, 6.07) is 3.61. The SMILES string of the molecule is Oc1cc2c(cc1O)C(N1CCOCC1)CNC2. The van der Waals surface area contributed by atoms with Crippen molar-refractivity contribution in [3.05, 3.63) is 23.3 Å². The van der Waals surface area contributed by atoms with E-state index in [0.29, 0.717) is 0 Å². The quantitative estimate of drug-likeness (QED) is 0.636. The predicted octanol–water partition coefficient (Wildman–Crippen LogP) is 0.574. The zero-order chi connectivity index (χ0) is 12.5. The van der Waals surface area contributed by atoms with Gasteiger partial charge in [0.05, 0.1) is 13.2 Å². The Morgan fingerprint density at radius 3 is 2.67 bits per heavy atom. The Kier molecular flexibility index (Phi) is 3.11. The summed E-state index contributed by atoms with van der Waals surface area (Å²) in [7, 11) is 0. The number of morpholine rings is 1. The van der Waals surface area contributed by atoms with Crippen LogP contribution >= 0.6 is 0 Å². The van der Waals surface area contributed by atoms with Crippen LogP contribution < -0.4 is 5.32 Å². The van der Waals surface area contributed by atoms with Crippen molar-refractivity contribution in [3.63, 3.8) is 0 Å². The second-order valence-electron chi connectivity index (χ2n) is 4.83. The van der Waals surface area contributed by atoms with Crippen LogP contribution in [-0.2, 0) is 11.3 Å². The predicted molar refractivity (Wildman–Crippen MR) is 66.6 cm³/mol. The van der Waals surface area contributed by atoms with Gasteiger partial charge in [-0.25, -0.2) is 0 Å². The molecule has 5 heteroatoms. The van der Waals surface area contributed by atoms with Crippen molar-refractivity contribution in [2.45, 2.75) is 12.6 Å². The smallest absolute Gasteiger partial charge is 0.157 e. The number of ether oxygens (including phenoxy) is 1. The second kappa shape index (κ2) is 4.76. The summed E-state index contributed by atoms with van der Waals surface area (Å²) in [5, 5.41) is 22.6. The van der Waals surface area contributed by atoms with Gasteiger partial charge in [-0.1, -0.05) is 0 Å². The lowest BCUT2D eigenvalue weighted by molar-refractivity contribution is 0.0145. The summed E-state index contributed by atoms with van der Waals surface area (Å²) in [6.45, 7) is 4.95. The number of benzene rings is 1. The van der Waals surface area contributed by atoms with Crippen molar-refractivity contribution < 1.29 is 14.9 Å². The van der Waals surface area contributed by atoms with Gasteiger partial charge >= 0.3 is 0 Å². The minimum Gasteiger partial charge on any atom is -0.504 e. The molecule has 2 aliphatic rings. The monoisotopic (exact) mass is 250 g/mol. The van der Waals surface area contributed by atoms with Gasteiger partial charge in [-0.05, 0) is 23.3 Å². The number of rotatable bonds is 1. The van der Waals surface area contributed by atoms with Crippen molar-refractivity contribution in [1.82, 2.24) is 10.2 Å². The average Bonchev–Trinajstić information content (AvgIpc) is 2.40. The molecule has 3 rings (SSSR count). The third kappa shape index (κ3) is 2.05. The molecular formula is C13H18N2O3. The number of phenols is 2. The number of hydrogen-bond acceptors (Lipinski definition) is 5. The van der Waals surface area contributed by atoms with E-state index in [-0.39, 0.29) is 17.5 Å². The Labute approximate surface area is 106 Å². The van der Waals surface area contributed by atoms with Crippen molar-refractivity contribution >= 4 is 0 Å². The fourth-order valence-electron chi connectivity index (χ4n) is 2.77. The summed E-state index contributed by atoms with van der Waals surface area (Å²) in [5.74, 6) is -0.0768. The van der Waals surface area contributed by atoms with Crippen molar-refractivity contribution in [3.8, 4) is 11.5 Å². The first-order valence-corrected chi connectivity index (χ1v) is 6.33. The molecule has 0 radical (unpaired) electrons. The first-order valence-electron chi connectivity index (χ1n) is 6.33. The topological polar surface area (TPSA) is 65.0 Å². The van der Waals surface area contributed by atoms with Gasteiger partial charge in [-0.2, -0.15) is 0 Å². The molecule has 18 heavy (non-hydrogen) atoms. The Morgan fingerprint density at radius 2 is 1.89 bits per heavy atom. The lowest BCUT2D eigenvalue weighted by Crippen LogP contribution is -2.45. The normalized spacial score (nSPS) is 24.8. The lowest BCUT2D eigenvalue weighted by Gasteiger charge is -2.38. The highest BCUT2D eigenvalue weighted by molar-refractivity contribution is 5.47. The molecule has 3 N–H and O–H groups in total. The second-order valence-corrected chi connectivity index (χ2v) is 4.83. The minimum absolute atomic E-state index is 0.0334. The zero-order valence-electron chi connectivity index (χ0n) is 10.2. The molecule has 5 nitrogen and oxygen atoms in total. The Hall–Kier alpha value is -1.30. The minimum atomic E-state index is -0.0434. The fraction of sp³-hybridized carbons (Fsp3) is 0.538. The molecule has 1 saturated heterocycles. The molecule has 0 aromatic heterocycles. The van der Waals surface area contributed by atoms with Gasteiger partial charge in [0.2, 0.25) is 0 Å². The first kappa shape index (κ1) is 11.8. The van der Waals surface area contributed by atoms with Gasteiger partial charge in [0.1, 0.15) is 0 Å². The number of phenolic OH excluding ortho intramolecular Hbond substituents is 2. The van der Waals surface area contributed by atoms with Crippen molar-refractivity contribution in [2.24, 2.45) is 0 Å². The molecule has 0 aliphatic carbocycles. The summed E-state index contributed by atoms with van der Waals surface area (Å²) < 4.78 is 5.37. The third-order valence-electron chi connectivity index (χ3n) is 3.73. The van der Waals surface area contributed by atoms with Gasteiger partial charge in [-0.3, -0.25) is 4.90 Å². The third-order valence-corrected chi connectivity index (χ3v) is 3.73. The Balaban J connectivity index is 1.92. The highest BCUT2D eigenvalue weighted by atomic mass is 16.5. The maximum Gasteiger partial charge on any atom is 0.157 e. The summed E-state index contributed by atoms with van der Waals surface area (Å²) in [4.78, 5) is 2.37. The fourth-order valence-corrected chi connectivity index (χ4v) is 2.77. The molecule has 0 spiro atoms. The molecule has 2 heterocycles. The van der Waals surface area contributed by atoms with E-state index in [4.69, 9.17) is 4.74 Å². The average molecular weight is 250 g/mol. The van der Waals surface area contributed by atoms with E-state index in [0.717, 1.165) is 50.5 Å². The van der Waals surface area contributed by atoms with Crippen LogP contribution in [0, 0.1) is 0 Å². The Bertz CT molecular complexity index is 444. The number of hydrogen-bond donors (Lipinski definition) is 3. The molecule has 0 bridgehead atoms. The zero-order valence-corrected chi connectivity index (χ0v) is 10.2. The van der Waals surface area contributed by atoms with Gasteiger partial charge in [0.15, 0.2) is 11.5 Å². The summed E-state index contributed by atoms with van der Waals surface area (Å²) in [5.41, 5.74) is 2.18. The van der Waals surface area contributed by atoms with Crippen molar-refractivity contribution in [1.29, 1.82) is 0 Å². The van der Waals surface area contributed by atoms with E-state index in [2.05, 4.69) is 10.2 Å². The summed E-state index contributed by atoms with van der Waals surface area (Å²) >= 11 is 0. The molecular weight excluding hydrogens is 232 g/mol. The van der Waals surface area contributed by atoms with Crippen LogP contribution in [0.4, 0.5) is 0 Å². The molecule has 1 fully saturated rings. The van der Waals surface area contributed by atoms with Crippen LogP contribution in [0.15, 0.2) is 12.1 Å². The van der Waals surface area contributed by atoms with Gasteiger partial charge < -0.3 is 20.3 Å². The highest BCUT2D eigenvalue weighted by Crippen LogP contribution is 2.35. The van der Waals surface area contributed by atoms with Crippen LogP contribution in [0.2, 0.25) is 0 Å². The molecule has 1 unspecified atom stereocenters. The number of aromatic hydroxyl groups is 2. The van der Waals surface area contributed by atoms with E-state index in [1.165, 1.54) is 0 Å². The van der Waals surface area contributed by atoms with Crippen LogP contribution in [0.3, 0.4) is 0 Å². The van der Waals surface area contributed by atoms with Crippen LogP contribution in [-0.4, -0.2) is 48.0 Å². The van der Waals surface area contributed by atoms with Crippen LogP contribution in [0.1, 0.15) is 17.2 Å². The molecule has 2 aliphatic heterocycles. The van der Waals surface area contributed by atoms with Crippen LogP contribution in [0.25, 0.3) is 0 Å². The molecule has 0 saturated carbocycles. The van der Waals surface area contributed by atoms with E-state index in [1.807, 2.05) is 0 Å².